The molecule has 4 rings (SSSR count). The quantitative estimate of drug-likeness (QED) is 0.684. The highest BCUT2D eigenvalue weighted by molar-refractivity contribution is 7.89. The second kappa shape index (κ2) is 8.55. The van der Waals surface area contributed by atoms with Crippen LogP contribution in [0.4, 0.5) is 5.69 Å². The van der Waals surface area contributed by atoms with Crippen molar-refractivity contribution in [2.24, 2.45) is 0 Å². The number of sulfonamides is 1. The molecule has 1 fully saturated rings. The molecule has 0 aliphatic carbocycles. The number of carbonyl (C=O) groups is 1. The molecule has 1 saturated heterocycles. The zero-order valence-corrected chi connectivity index (χ0v) is 17.7. The van der Waals surface area contributed by atoms with Gasteiger partial charge in [0.05, 0.1) is 10.9 Å². The lowest BCUT2D eigenvalue weighted by atomic mass is 10.1. The number of amides is 1. The van der Waals surface area contributed by atoms with E-state index in [9.17, 15) is 13.2 Å². The molecule has 1 amide bonds. The maximum atomic E-state index is 12.8. The van der Waals surface area contributed by atoms with E-state index in [2.05, 4.69) is 5.32 Å². The SMILES string of the molecule is CC(C(=O)Nc1ccc2ccccc2c1)N1CCN(S(=O)(=O)c2ccccc2)CC1. The summed E-state index contributed by atoms with van der Waals surface area (Å²) >= 11 is 0. The minimum atomic E-state index is -3.49. The molecule has 0 bridgehead atoms. The van der Waals surface area contributed by atoms with Crippen LogP contribution in [0.5, 0.6) is 0 Å². The van der Waals surface area contributed by atoms with Gasteiger partial charge < -0.3 is 5.32 Å². The highest BCUT2D eigenvalue weighted by Gasteiger charge is 2.31. The Morgan fingerprint density at radius 2 is 1.50 bits per heavy atom. The fourth-order valence-corrected chi connectivity index (χ4v) is 5.20. The number of benzene rings is 3. The van der Waals surface area contributed by atoms with E-state index in [1.54, 1.807) is 30.3 Å². The molecule has 3 aromatic carbocycles. The Hall–Kier alpha value is -2.74. The summed E-state index contributed by atoms with van der Waals surface area (Å²) in [6.45, 7) is 3.62. The second-order valence-electron chi connectivity index (χ2n) is 7.48. The van der Waals surface area contributed by atoms with Gasteiger partial charge in [-0.05, 0) is 42.0 Å². The normalized spacial score (nSPS) is 17.0. The van der Waals surface area contributed by atoms with E-state index in [0.29, 0.717) is 31.1 Å². The smallest absolute Gasteiger partial charge is 0.243 e. The molecule has 1 atom stereocenters. The van der Waals surface area contributed by atoms with Crippen LogP contribution in [0.15, 0.2) is 77.7 Å². The van der Waals surface area contributed by atoms with Crippen LogP contribution in [-0.2, 0) is 14.8 Å². The molecule has 1 aliphatic heterocycles. The summed E-state index contributed by atoms with van der Waals surface area (Å²) in [6, 6.07) is 22.0. The molecule has 1 N–H and O–H groups in total. The van der Waals surface area contributed by atoms with Crippen molar-refractivity contribution in [3.8, 4) is 0 Å². The van der Waals surface area contributed by atoms with Gasteiger partial charge in [-0.25, -0.2) is 8.42 Å². The standard InChI is InChI=1S/C23H25N3O3S/c1-18(23(27)24-21-12-11-19-7-5-6-8-20(19)17-21)25-13-15-26(16-14-25)30(28,29)22-9-3-2-4-10-22/h2-12,17-18H,13-16H2,1H3,(H,24,27). The van der Waals surface area contributed by atoms with Gasteiger partial charge in [0.25, 0.3) is 0 Å². The lowest BCUT2D eigenvalue weighted by molar-refractivity contribution is -0.121. The average molecular weight is 424 g/mol. The summed E-state index contributed by atoms with van der Waals surface area (Å²) in [5.74, 6) is -0.0929. The van der Waals surface area contributed by atoms with E-state index in [-0.39, 0.29) is 11.9 Å². The Labute approximate surface area is 177 Å². The lowest BCUT2D eigenvalue weighted by Gasteiger charge is -2.36. The molecule has 0 spiro atoms. The molecule has 7 heteroatoms. The Morgan fingerprint density at radius 3 is 2.20 bits per heavy atom. The lowest BCUT2D eigenvalue weighted by Crippen LogP contribution is -2.53. The van der Waals surface area contributed by atoms with Crippen molar-refractivity contribution in [1.29, 1.82) is 0 Å². The van der Waals surface area contributed by atoms with Crippen LogP contribution in [-0.4, -0.2) is 55.8 Å². The maximum absolute atomic E-state index is 12.8. The third-order valence-electron chi connectivity index (χ3n) is 5.60. The third-order valence-corrected chi connectivity index (χ3v) is 7.51. The number of nitrogens with zero attached hydrogens (tertiary/aromatic N) is 2. The number of hydrogen-bond donors (Lipinski definition) is 1. The van der Waals surface area contributed by atoms with E-state index in [4.69, 9.17) is 0 Å². The minimum absolute atomic E-state index is 0.0929. The van der Waals surface area contributed by atoms with Crippen LogP contribution in [0, 0.1) is 0 Å². The average Bonchev–Trinajstić information content (AvgIpc) is 2.79. The zero-order valence-electron chi connectivity index (χ0n) is 16.9. The maximum Gasteiger partial charge on any atom is 0.243 e. The van der Waals surface area contributed by atoms with Crippen LogP contribution >= 0.6 is 0 Å². The van der Waals surface area contributed by atoms with Gasteiger partial charge in [-0.1, -0.05) is 48.5 Å². The summed E-state index contributed by atoms with van der Waals surface area (Å²) in [6.07, 6.45) is 0. The molecule has 1 unspecified atom stereocenters. The first-order valence-corrected chi connectivity index (χ1v) is 11.5. The van der Waals surface area contributed by atoms with Crippen LogP contribution in [0.2, 0.25) is 0 Å². The summed E-state index contributed by atoms with van der Waals surface area (Å²) < 4.78 is 27.0. The first-order chi connectivity index (χ1) is 14.4. The molecule has 0 saturated carbocycles. The van der Waals surface area contributed by atoms with Crippen LogP contribution in [0.1, 0.15) is 6.92 Å². The Kier molecular flexibility index (Phi) is 5.85. The van der Waals surface area contributed by atoms with E-state index in [1.165, 1.54) is 4.31 Å². The molecule has 1 aliphatic rings. The van der Waals surface area contributed by atoms with Gasteiger partial charge in [0.1, 0.15) is 0 Å². The molecule has 30 heavy (non-hydrogen) atoms. The fourth-order valence-electron chi connectivity index (χ4n) is 3.75. The molecule has 0 radical (unpaired) electrons. The molecular weight excluding hydrogens is 398 g/mol. The number of anilines is 1. The van der Waals surface area contributed by atoms with Crippen molar-refractivity contribution < 1.29 is 13.2 Å². The predicted molar refractivity (Wildman–Crippen MR) is 119 cm³/mol. The summed E-state index contributed by atoms with van der Waals surface area (Å²) in [5, 5.41) is 5.18. The number of piperazine rings is 1. The van der Waals surface area contributed by atoms with Gasteiger partial charge in [0.2, 0.25) is 15.9 Å². The monoisotopic (exact) mass is 423 g/mol. The fraction of sp³-hybridized carbons (Fsp3) is 0.261. The highest BCUT2D eigenvalue weighted by atomic mass is 32.2. The van der Waals surface area contributed by atoms with Crippen LogP contribution in [0.25, 0.3) is 10.8 Å². The van der Waals surface area contributed by atoms with Gasteiger partial charge in [-0.2, -0.15) is 4.31 Å². The van der Waals surface area contributed by atoms with E-state index < -0.39 is 10.0 Å². The van der Waals surface area contributed by atoms with Crippen molar-refractivity contribution in [2.45, 2.75) is 17.9 Å². The second-order valence-corrected chi connectivity index (χ2v) is 9.42. The Morgan fingerprint density at radius 1 is 0.867 bits per heavy atom. The third kappa shape index (κ3) is 4.23. The van der Waals surface area contributed by atoms with Gasteiger partial charge in [0, 0.05) is 31.9 Å². The molecule has 1 heterocycles. The van der Waals surface area contributed by atoms with E-state index in [1.807, 2.05) is 54.3 Å². The largest absolute Gasteiger partial charge is 0.325 e. The molecule has 3 aromatic rings. The van der Waals surface area contributed by atoms with Gasteiger partial charge in [0.15, 0.2) is 0 Å². The molecule has 6 nitrogen and oxygen atoms in total. The number of carbonyl (C=O) groups excluding carboxylic acids is 1. The summed E-state index contributed by atoms with van der Waals surface area (Å²) in [4.78, 5) is 15.1. The highest BCUT2D eigenvalue weighted by Crippen LogP contribution is 2.21. The summed E-state index contributed by atoms with van der Waals surface area (Å²) in [7, 11) is -3.49. The van der Waals surface area contributed by atoms with Crippen molar-refractivity contribution >= 4 is 32.4 Å². The van der Waals surface area contributed by atoms with Crippen molar-refractivity contribution in [2.75, 3.05) is 31.5 Å². The summed E-state index contributed by atoms with van der Waals surface area (Å²) in [5.41, 5.74) is 0.760. The molecule has 156 valence electrons. The van der Waals surface area contributed by atoms with Crippen molar-refractivity contribution in [3.63, 3.8) is 0 Å². The molecule has 0 aromatic heterocycles. The Balaban J connectivity index is 1.37. The first-order valence-electron chi connectivity index (χ1n) is 10.0. The van der Waals surface area contributed by atoms with Gasteiger partial charge >= 0.3 is 0 Å². The van der Waals surface area contributed by atoms with Crippen molar-refractivity contribution in [3.05, 3.63) is 72.8 Å². The van der Waals surface area contributed by atoms with E-state index >= 15 is 0 Å². The van der Waals surface area contributed by atoms with Gasteiger partial charge in [-0.3, -0.25) is 9.69 Å². The number of nitrogens with one attached hydrogen (secondary N) is 1. The van der Waals surface area contributed by atoms with Crippen LogP contribution < -0.4 is 5.32 Å². The van der Waals surface area contributed by atoms with Gasteiger partial charge in [-0.15, -0.1) is 0 Å². The topological polar surface area (TPSA) is 69.7 Å². The number of hydrogen-bond acceptors (Lipinski definition) is 4. The van der Waals surface area contributed by atoms with Crippen LogP contribution in [0.3, 0.4) is 0 Å². The first kappa shape index (κ1) is 20.5. The Bertz CT molecular complexity index is 1140. The minimum Gasteiger partial charge on any atom is -0.325 e. The number of fused-ring (bicyclic) bond motifs is 1. The zero-order chi connectivity index (χ0) is 21.1. The molecular formula is C23H25N3O3S. The van der Waals surface area contributed by atoms with E-state index in [0.717, 1.165) is 16.5 Å². The number of rotatable bonds is 5. The predicted octanol–water partition coefficient (Wildman–Crippen LogP) is 3.17. The van der Waals surface area contributed by atoms with Crippen molar-refractivity contribution in [1.82, 2.24) is 9.21 Å².